The maximum absolute atomic E-state index is 11.3. The molecule has 2 unspecified atom stereocenters. The molecule has 5 heteroatoms. The second kappa shape index (κ2) is 4.18. The Hall–Kier alpha value is -1.10. The van der Waals surface area contributed by atoms with Gasteiger partial charge in [0.15, 0.2) is 0 Å². The Bertz CT molecular complexity index is 275. The van der Waals surface area contributed by atoms with E-state index in [9.17, 15) is 9.59 Å². The molecule has 1 heterocycles. The van der Waals surface area contributed by atoms with Gasteiger partial charge in [-0.15, -0.1) is 0 Å². The van der Waals surface area contributed by atoms with Crippen molar-refractivity contribution in [2.24, 2.45) is 5.92 Å². The highest BCUT2D eigenvalue weighted by atomic mass is 16.5. The number of hydrogen-bond donors (Lipinski definition) is 1. The van der Waals surface area contributed by atoms with Crippen LogP contribution in [0, 0.1) is 5.92 Å². The number of hydrogen-bond acceptors (Lipinski definition) is 5. The van der Waals surface area contributed by atoms with Gasteiger partial charge in [0, 0.05) is 13.0 Å². The Morgan fingerprint density at radius 2 is 2.00 bits per heavy atom. The number of esters is 2. The summed E-state index contributed by atoms with van der Waals surface area (Å²) in [5, 5.41) is 2.97. The average molecular weight is 213 g/mol. The monoisotopic (exact) mass is 213 g/mol. The van der Waals surface area contributed by atoms with Gasteiger partial charge in [0.1, 0.15) is 12.1 Å². The van der Waals surface area contributed by atoms with E-state index < -0.39 is 0 Å². The van der Waals surface area contributed by atoms with E-state index >= 15 is 0 Å². The molecular weight excluding hydrogens is 198 g/mol. The third kappa shape index (κ3) is 2.47. The van der Waals surface area contributed by atoms with Crippen molar-refractivity contribution in [1.82, 2.24) is 5.32 Å². The van der Waals surface area contributed by atoms with Gasteiger partial charge in [-0.2, -0.15) is 0 Å². The average Bonchev–Trinajstić information content (AvgIpc) is 2.99. The highest BCUT2D eigenvalue weighted by Gasteiger charge is 2.36. The first-order chi connectivity index (χ1) is 7.20. The minimum atomic E-state index is -0.327. The number of methoxy groups -OCH3 is 1. The standard InChI is InChI=1S/C10H15NO4/c1-14-10(13)8-4-7(5-11-8)15-9(12)6-2-3-6/h6-8,11H,2-5H2,1H3. The molecule has 15 heavy (non-hydrogen) atoms. The zero-order valence-corrected chi connectivity index (χ0v) is 8.69. The lowest BCUT2D eigenvalue weighted by atomic mass is 10.2. The molecule has 2 fully saturated rings. The van der Waals surface area contributed by atoms with E-state index in [0.29, 0.717) is 13.0 Å². The summed E-state index contributed by atoms with van der Waals surface area (Å²) in [7, 11) is 1.35. The summed E-state index contributed by atoms with van der Waals surface area (Å²) >= 11 is 0. The molecule has 0 bridgehead atoms. The number of ether oxygens (including phenoxy) is 2. The molecule has 0 spiro atoms. The second-order valence-electron chi connectivity index (χ2n) is 4.05. The van der Waals surface area contributed by atoms with Crippen LogP contribution in [0.4, 0.5) is 0 Å². The van der Waals surface area contributed by atoms with Gasteiger partial charge in [-0.05, 0) is 12.8 Å². The van der Waals surface area contributed by atoms with Gasteiger partial charge in [-0.25, -0.2) is 0 Å². The highest BCUT2D eigenvalue weighted by Crippen LogP contribution is 2.31. The van der Waals surface area contributed by atoms with Gasteiger partial charge in [0.05, 0.1) is 13.0 Å². The molecule has 0 amide bonds. The van der Waals surface area contributed by atoms with Crippen LogP contribution < -0.4 is 5.32 Å². The van der Waals surface area contributed by atoms with E-state index in [1.807, 2.05) is 0 Å². The topological polar surface area (TPSA) is 64.6 Å². The van der Waals surface area contributed by atoms with E-state index in [0.717, 1.165) is 12.8 Å². The fourth-order valence-electron chi connectivity index (χ4n) is 1.69. The quantitative estimate of drug-likeness (QED) is 0.660. The predicted molar refractivity (Wildman–Crippen MR) is 51.0 cm³/mol. The molecule has 1 saturated carbocycles. The lowest BCUT2D eigenvalue weighted by molar-refractivity contribution is -0.151. The summed E-state index contributed by atoms with van der Waals surface area (Å²) in [6.07, 6.45) is 2.23. The van der Waals surface area contributed by atoms with Crippen molar-refractivity contribution >= 4 is 11.9 Å². The van der Waals surface area contributed by atoms with Crippen LogP contribution in [0.5, 0.6) is 0 Å². The maximum atomic E-state index is 11.3. The van der Waals surface area contributed by atoms with Crippen LogP contribution in [0.2, 0.25) is 0 Å². The smallest absolute Gasteiger partial charge is 0.323 e. The van der Waals surface area contributed by atoms with E-state index in [1.54, 1.807) is 0 Å². The van der Waals surface area contributed by atoms with Crippen LogP contribution in [-0.4, -0.2) is 37.7 Å². The van der Waals surface area contributed by atoms with Crippen LogP contribution in [0.3, 0.4) is 0 Å². The van der Waals surface area contributed by atoms with Gasteiger partial charge >= 0.3 is 11.9 Å². The van der Waals surface area contributed by atoms with Gasteiger partial charge in [0.25, 0.3) is 0 Å². The molecule has 1 N–H and O–H groups in total. The third-order valence-electron chi connectivity index (χ3n) is 2.77. The molecule has 1 aliphatic heterocycles. The van der Waals surface area contributed by atoms with Crippen molar-refractivity contribution in [2.45, 2.75) is 31.4 Å². The Kier molecular flexibility index (Phi) is 2.90. The van der Waals surface area contributed by atoms with Crippen molar-refractivity contribution in [3.05, 3.63) is 0 Å². The van der Waals surface area contributed by atoms with E-state index in [-0.39, 0.29) is 30.0 Å². The molecular formula is C10H15NO4. The summed E-state index contributed by atoms with van der Waals surface area (Å²) < 4.78 is 9.86. The number of rotatable bonds is 3. The maximum Gasteiger partial charge on any atom is 0.323 e. The molecule has 5 nitrogen and oxygen atoms in total. The number of carbonyl (C=O) groups excluding carboxylic acids is 2. The number of carbonyl (C=O) groups is 2. The minimum absolute atomic E-state index is 0.113. The second-order valence-corrected chi connectivity index (χ2v) is 4.05. The summed E-state index contributed by atoms with van der Waals surface area (Å²) in [5.41, 5.74) is 0. The fraction of sp³-hybridized carbons (Fsp3) is 0.800. The minimum Gasteiger partial charge on any atom is -0.468 e. The zero-order valence-electron chi connectivity index (χ0n) is 8.69. The Morgan fingerprint density at radius 3 is 2.60 bits per heavy atom. The van der Waals surface area contributed by atoms with Crippen molar-refractivity contribution < 1.29 is 19.1 Å². The predicted octanol–water partition coefficient (Wildman–Crippen LogP) is -0.157. The fourth-order valence-corrected chi connectivity index (χ4v) is 1.69. The van der Waals surface area contributed by atoms with Crippen molar-refractivity contribution in [1.29, 1.82) is 0 Å². The summed E-state index contributed by atoms with van der Waals surface area (Å²) in [6, 6.07) is -0.327. The summed E-state index contributed by atoms with van der Waals surface area (Å²) in [6.45, 7) is 0.540. The third-order valence-corrected chi connectivity index (χ3v) is 2.77. The molecule has 2 rings (SSSR count). The lowest BCUT2D eigenvalue weighted by Gasteiger charge is -2.10. The van der Waals surface area contributed by atoms with Crippen LogP contribution in [0.15, 0.2) is 0 Å². The molecule has 1 aliphatic carbocycles. The molecule has 0 aromatic heterocycles. The first kappa shape index (κ1) is 10.4. The molecule has 0 aromatic carbocycles. The molecule has 1 saturated heterocycles. The van der Waals surface area contributed by atoms with E-state index in [2.05, 4.69) is 10.1 Å². The SMILES string of the molecule is COC(=O)C1CC(OC(=O)C2CC2)CN1. The molecule has 2 aliphatic rings. The van der Waals surface area contributed by atoms with Crippen molar-refractivity contribution in [3.8, 4) is 0 Å². The molecule has 0 aromatic rings. The normalized spacial score (nSPS) is 29.9. The number of nitrogens with one attached hydrogen (secondary N) is 1. The molecule has 2 atom stereocenters. The van der Waals surface area contributed by atoms with Crippen molar-refractivity contribution in [2.75, 3.05) is 13.7 Å². The van der Waals surface area contributed by atoms with Gasteiger partial charge < -0.3 is 14.8 Å². The summed E-state index contributed by atoms with van der Waals surface area (Å²) in [4.78, 5) is 22.5. The van der Waals surface area contributed by atoms with Crippen LogP contribution in [0.25, 0.3) is 0 Å². The van der Waals surface area contributed by atoms with E-state index in [4.69, 9.17) is 4.74 Å². The first-order valence-corrected chi connectivity index (χ1v) is 5.22. The molecule has 84 valence electrons. The van der Waals surface area contributed by atoms with Gasteiger partial charge in [-0.3, -0.25) is 9.59 Å². The summed E-state index contributed by atoms with van der Waals surface area (Å²) in [5.74, 6) is -0.297. The van der Waals surface area contributed by atoms with Crippen LogP contribution in [-0.2, 0) is 19.1 Å². The van der Waals surface area contributed by atoms with Crippen LogP contribution >= 0.6 is 0 Å². The van der Waals surface area contributed by atoms with Gasteiger partial charge in [-0.1, -0.05) is 0 Å². The highest BCUT2D eigenvalue weighted by molar-refractivity contribution is 5.77. The largest absolute Gasteiger partial charge is 0.468 e. The van der Waals surface area contributed by atoms with Crippen LogP contribution in [0.1, 0.15) is 19.3 Å². The van der Waals surface area contributed by atoms with E-state index in [1.165, 1.54) is 7.11 Å². The first-order valence-electron chi connectivity index (χ1n) is 5.22. The lowest BCUT2D eigenvalue weighted by Crippen LogP contribution is -2.31. The molecule has 0 radical (unpaired) electrons. The Balaban J connectivity index is 1.76. The zero-order chi connectivity index (χ0) is 10.8. The Labute approximate surface area is 88.1 Å². The Morgan fingerprint density at radius 1 is 1.27 bits per heavy atom. The van der Waals surface area contributed by atoms with Gasteiger partial charge in [0.2, 0.25) is 0 Å². The van der Waals surface area contributed by atoms with Crippen molar-refractivity contribution in [3.63, 3.8) is 0 Å².